The second-order valence-corrected chi connectivity index (χ2v) is 10.9. The molecular formula is C29H36N6O3. The summed E-state index contributed by atoms with van der Waals surface area (Å²) in [6.45, 7) is 9.95. The molecule has 2 aromatic rings. The molecule has 1 saturated carbocycles. The number of urea groups is 1. The van der Waals surface area contributed by atoms with Crippen molar-refractivity contribution in [2.24, 2.45) is 0 Å². The minimum atomic E-state index is -0.430. The third-order valence-corrected chi connectivity index (χ3v) is 6.85. The molecule has 0 bridgehead atoms. The van der Waals surface area contributed by atoms with Gasteiger partial charge in [0.15, 0.2) is 5.88 Å². The van der Waals surface area contributed by atoms with Crippen LogP contribution in [-0.2, 0) is 16.1 Å². The molecule has 3 amide bonds. The zero-order valence-corrected chi connectivity index (χ0v) is 22.4. The number of aromatic nitrogens is 2. The van der Waals surface area contributed by atoms with Gasteiger partial charge in [0, 0.05) is 32.4 Å². The Morgan fingerprint density at radius 2 is 1.82 bits per heavy atom. The minimum absolute atomic E-state index is 0.239. The van der Waals surface area contributed by atoms with E-state index >= 15 is 0 Å². The van der Waals surface area contributed by atoms with Crippen molar-refractivity contribution in [1.29, 1.82) is 0 Å². The number of carbonyl (C=O) groups excluding carboxylic acids is 2. The lowest BCUT2D eigenvalue weighted by molar-refractivity contribution is -0.116. The Morgan fingerprint density at radius 3 is 2.53 bits per heavy atom. The van der Waals surface area contributed by atoms with Crippen LogP contribution in [0.15, 0.2) is 59.7 Å². The molecule has 3 aliphatic rings. The van der Waals surface area contributed by atoms with Crippen LogP contribution in [0, 0.1) is 0 Å². The number of anilines is 1. The fourth-order valence-corrected chi connectivity index (χ4v) is 4.80. The van der Waals surface area contributed by atoms with Gasteiger partial charge < -0.3 is 14.5 Å². The van der Waals surface area contributed by atoms with Crippen LogP contribution >= 0.6 is 0 Å². The van der Waals surface area contributed by atoms with Crippen molar-refractivity contribution < 1.29 is 14.3 Å². The van der Waals surface area contributed by atoms with Gasteiger partial charge in [0.2, 0.25) is 5.95 Å². The van der Waals surface area contributed by atoms with E-state index in [1.165, 1.54) is 16.9 Å². The van der Waals surface area contributed by atoms with Gasteiger partial charge >= 0.3 is 6.03 Å². The van der Waals surface area contributed by atoms with Crippen molar-refractivity contribution in [3.63, 3.8) is 0 Å². The van der Waals surface area contributed by atoms with E-state index in [-0.39, 0.29) is 11.3 Å². The van der Waals surface area contributed by atoms with Gasteiger partial charge in [-0.1, -0.05) is 30.3 Å². The van der Waals surface area contributed by atoms with Crippen molar-refractivity contribution in [2.45, 2.75) is 58.6 Å². The van der Waals surface area contributed by atoms with E-state index in [0.29, 0.717) is 18.2 Å². The average Bonchev–Trinajstić information content (AvgIpc) is 3.02. The number of carbonyl (C=O) groups is 2. The molecule has 200 valence electrons. The maximum Gasteiger partial charge on any atom is 0.329 e. The van der Waals surface area contributed by atoms with Crippen LogP contribution in [0.3, 0.4) is 0 Å². The smallest absolute Gasteiger partial charge is 0.329 e. The molecule has 9 nitrogen and oxygen atoms in total. The number of rotatable bonds is 6. The number of hydrogen-bond acceptors (Lipinski definition) is 7. The first-order valence-corrected chi connectivity index (χ1v) is 13.4. The Morgan fingerprint density at radius 1 is 1.03 bits per heavy atom. The Labute approximate surface area is 224 Å². The fraction of sp³-hybridized carbons (Fsp3) is 0.448. The van der Waals surface area contributed by atoms with Crippen LogP contribution in [0.2, 0.25) is 0 Å². The van der Waals surface area contributed by atoms with Crippen molar-refractivity contribution >= 4 is 24.0 Å². The van der Waals surface area contributed by atoms with Gasteiger partial charge in [-0.2, -0.15) is 0 Å². The number of benzene rings is 1. The van der Waals surface area contributed by atoms with Gasteiger partial charge in [0.25, 0.3) is 5.91 Å². The van der Waals surface area contributed by atoms with Crippen molar-refractivity contribution in [2.75, 3.05) is 31.1 Å². The molecule has 1 aromatic carbocycles. The van der Waals surface area contributed by atoms with E-state index < -0.39 is 11.9 Å². The normalized spacial score (nSPS) is 19.4. The molecule has 5 rings (SSSR count). The van der Waals surface area contributed by atoms with Crippen LogP contribution < -0.4 is 10.2 Å². The second-order valence-electron chi connectivity index (χ2n) is 10.9. The predicted molar refractivity (Wildman–Crippen MR) is 146 cm³/mol. The highest BCUT2D eigenvalue weighted by atomic mass is 16.5. The lowest BCUT2D eigenvalue weighted by Gasteiger charge is -2.35. The molecule has 1 aromatic heterocycles. The van der Waals surface area contributed by atoms with Gasteiger partial charge in [0.05, 0.1) is 12.2 Å². The molecule has 0 spiro atoms. The van der Waals surface area contributed by atoms with Crippen LogP contribution in [0.5, 0.6) is 0 Å². The molecule has 0 radical (unpaired) electrons. The monoisotopic (exact) mass is 516 g/mol. The van der Waals surface area contributed by atoms with E-state index in [0.717, 1.165) is 56.9 Å². The van der Waals surface area contributed by atoms with Crippen LogP contribution in [-0.4, -0.2) is 63.5 Å². The standard InChI is InChI=1S/C29H36N6O3/c1-29(2,3)38-26(22-11-7-12-22)33-15-8-16-34(18-17-33)27-30-14-13-23(31-27)19-24-25(36)32-28(37)35(24)20-21-9-5-4-6-10-21/h4-6,9-10,13-14,19H,7-8,11-12,15-18,20H2,1-3H3,(H,32,36,37)/b24-19-. The van der Waals surface area contributed by atoms with Crippen LogP contribution in [0.1, 0.15) is 57.7 Å². The Balaban J connectivity index is 1.32. The average molecular weight is 517 g/mol. The number of allylic oxidation sites excluding steroid dienone is 1. The predicted octanol–water partition coefficient (Wildman–Crippen LogP) is 4.29. The number of nitrogens with one attached hydrogen (secondary N) is 1. The van der Waals surface area contributed by atoms with Gasteiger partial charge in [-0.25, -0.2) is 14.8 Å². The number of hydrogen-bond donors (Lipinski definition) is 1. The summed E-state index contributed by atoms with van der Waals surface area (Å²) in [5.41, 5.74) is 2.98. The van der Waals surface area contributed by atoms with E-state index in [2.05, 4.69) is 40.9 Å². The van der Waals surface area contributed by atoms with E-state index in [1.54, 1.807) is 18.3 Å². The third kappa shape index (κ3) is 5.98. The SMILES string of the molecule is CC(C)(C)OC(=C1CCC1)N1CCCN(c2nccc(/C=C3/C(=O)NC(=O)N3Cc3ccccc3)n2)CC1. The maximum absolute atomic E-state index is 12.6. The highest BCUT2D eigenvalue weighted by Crippen LogP contribution is 2.33. The summed E-state index contributed by atoms with van der Waals surface area (Å²) in [5, 5.41) is 2.40. The molecule has 0 atom stereocenters. The van der Waals surface area contributed by atoms with Crippen LogP contribution in [0.25, 0.3) is 6.08 Å². The third-order valence-electron chi connectivity index (χ3n) is 6.85. The minimum Gasteiger partial charge on any atom is -0.473 e. The molecular weight excluding hydrogens is 480 g/mol. The zero-order chi connectivity index (χ0) is 26.7. The molecule has 3 fully saturated rings. The summed E-state index contributed by atoms with van der Waals surface area (Å²) in [6, 6.07) is 10.9. The molecule has 0 unspecified atom stereocenters. The number of amides is 3. The fourth-order valence-electron chi connectivity index (χ4n) is 4.80. The highest BCUT2D eigenvalue weighted by Gasteiger charge is 2.33. The number of ether oxygens (including phenoxy) is 1. The topological polar surface area (TPSA) is 90.9 Å². The molecule has 2 aliphatic heterocycles. The number of nitrogens with zero attached hydrogens (tertiary/aromatic N) is 5. The molecule has 1 N–H and O–H groups in total. The summed E-state index contributed by atoms with van der Waals surface area (Å²) in [7, 11) is 0. The van der Waals surface area contributed by atoms with Crippen LogP contribution in [0.4, 0.5) is 10.7 Å². The molecule has 9 heteroatoms. The molecule has 3 heterocycles. The Bertz CT molecular complexity index is 1240. The number of imide groups is 1. The lowest BCUT2D eigenvalue weighted by atomic mass is 9.92. The van der Waals surface area contributed by atoms with Gasteiger partial charge in [0.1, 0.15) is 11.3 Å². The van der Waals surface area contributed by atoms with E-state index in [4.69, 9.17) is 9.72 Å². The first kappa shape index (κ1) is 25.8. The molecule has 2 saturated heterocycles. The summed E-state index contributed by atoms with van der Waals surface area (Å²) in [5.74, 6) is 1.25. The van der Waals surface area contributed by atoms with Crippen molar-refractivity contribution in [3.05, 3.63) is 71.0 Å². The quantitative estimate of drug-likeness (QED) is 0.348. The second kappa shape index (κ2) is 10.8. The molecule has 1 aliphatic carbocycles. The highest BCUT2D eigenvalue weighted by molar-refractivity contribution is 6.13. The van der Waals surface area contributed by atoms with E-state index in [9.17, 15) is 9.59 Å². The summed E-state index contributed by atoms with van der Waals surface area (Å²) >= 11 is 0. The Hall–Kier alpha value is -3.88. The summed E-state index contributed by atoms with van der Waals surface area (Å²) < 4.78 is 6.42. The van der Waals surface area contributed by atoms with Crippen molar-refractivity contribution in [1.82, 2.24) is 25.1 Å². The molecule has 38 heavy (non-hydrogen) atoms. The first-order valence-electron chi connectivity index (χ1n) is 13.4. The largest absolute Gasteiger partial charge is 0.473 e. The van der Waals surface area contributed by atoms with Gasteiger partial charge in [-0.15, -0.1) is 0 Å². The first-order chi connectivity index (χ1) is 18.3. The van der Waals surface area contributed by atoms with Gasteiger partial charge in [-0.3, -0.25) is 15.0 Å². The zero-order valence-electron chi connectivity index (χ0n) is 22.4. The lowest BCUT2D eigenvalue weighted by Crippen LogP contribution is -2.35. The van der Waals surface area contributed by atoms with Gasteiger partial charge in [-0.05, 0) is 69.7 Å². The Kier molecular flexibility index (Phi) is 7.35. The van der Waals surface area contributed by atoms with Crippen molar-refractivity contribution in [3.8, 4) is 0 Å². The van der Waals surface area contributed by atoms with E-state index in [1.807, 2.05) is 30.3 Å². The summed E-state index contributed by atoms with van der Waals surface area (Å²) in [6.07, 6.45) is 7.79. The summed E-state index contributed by atoms with van der Waals surface area (Å²) in [4.78, 5) is 40.4. The maximum atomic E-state index is 12.6.